The van der Waals surface area contributed by atoms with Crippen molar-refractivity contribution in [3.8, 4) is 5.75 Å². The van der Waals surface area contributed by atoms with Crippen molar-refractivity contribution in [3.05, 3.63) is 24.3 Å². The van der Waals surface area contributed by atoms with Crippen LogP contribution in [-0.2, 0) is 9.84 Å². The molecule has 3 nitrogen and oxygen atoms in total. The van der Waals surface area contributed by atoms with E-state index >= 15 is 0 Å². The van der Waals surface area contributed by atoms with E-state index < -0.39 is 14.4 Å². The predicted octanol–water partition coefficient (Wildman–Crippen LogP) is 2.92. The lowest BCUT2D eigenvalue weighted by Crippen LogP contribution is -2.11. The van der Waals surface area contributed by atoms with E-state index in [1.165, 1.54) is 0 Å². The first-order valence-corrected chi connectivity index (χ1v) is 7.69. The van der Waals surface area contributed by atoms with Crippen molar-refractivity contribution >= 4 is 22.5 Å². The van der Waals surface area contributed by atoms with Gasteiger partial charge in [-0.05, 0) is 37.6 Å². The summed E-state index contributed by atoms with van der Waals surface area (Å²) in [4.78, 5) is 0.280. The average Bonchev–Trinajstić information content (AvgIpc) is 2.30. The van der Waals surface area contributed by atoms with Crippen LogP contribution in [0.4, 0.5) is 0 Å². The number of ether oxygens (including phenoxy) is 1. The van der Waals surface area contributed by atoms with Gasteiger partial charge in [-0.25, -0.2) is 8.42 Å². The highest BCUT2D eigenvalue weighted by atomic mass is 32.2. The van der Waals surface area contributed by atoms with E-state index in [1.807, 2.05) is 0 Å². The summed E-state index contributed by atoms with van der Waals surface area (Å²) in [6.45, 7) is 4.29. The molecule has 0 aliphatic heterocycles. The molecule has 0 aromatic heterocycles. The molecule has 0 aliphatic carbocycles. The Bertz CT molecular complexity index is 435. The fourth-order valence-corrected chi connectivity index (χ4v) is 2.53. The first-order chi connectivity index (χ1) is 7.98. The minimum atomic E-state index is -3.31. The van der Waals surface area contributed by atoms with Gasteiger partial charge in [-0.3, -0.25) is 0 Å². The van der Waals surface area contributed by atoms with E-state index in [0.717, 1.165) is 12.8 Å². The van der Waals surface area contributed by atoms with Gasteiger partial charge >= 0.3 is 0 Å². The molecule has 0 aliphatic rings. The molecule has 0 heterocycles. The van der Waals surface area contributed by atoms with Gasteiger partial charge < -0.3 is 4.74 Å². The minimum Gasteiger partial charge on any atom is -0.494 e. The largest absolute Gasteiger partial charge is 0.494 e. The third-order valence-electron chi connectivity index (χ3n) is 2.37. The van der Waals surface area contributed by atoms with Crippen LogP contribution >= 0.6 is 12.6 Å². The standard InChI is InChI=1S/C12H18O3S2/c1-3-4-9-15-11-5-7-12(8-6-11)17(13,14)10(2)16/h5-8,10,16H,3-4,9H2,1-2H3. The van der Waals surface area contributed by atoms with Gasteiger partial charge in [0.1, 0.15) is 10.3 Å². The highest BCUT2D eigenvalue weighted by Gasteiger charge is 2.19. The van der Waals surface area contributed by atoms with Crippen LogP contribution in [0.15, 0.2) is 29.2 Å². The van der Waals surface area contributed by atoms with Crippen molar-refractivity contribution in [2.45, 2.75) is 36.2 Å². The molecule has 0 bridgehead atoms. The van der Waals surface area contributed by atoms with Gasteiger partial charge in [-0.15, -0.1) is 0 Å². The molecule has 1 rings (SSSR count). The Morgan fingerprint density at radius 1 is 1.29 bits per heavy atom. The number of hydrogen-bond donors (Lipinski definition) is 1. The van der Waals surface area contributed by atoms with Crippen LogP contribution in [0.1, 0.15) is 26.7 Å². The molecule has 0 amide bonds. The number of hydrogen-bond acceptors (Lipinski definition) is 4. The van der Waals surface area contributed by atoms with Crippen LogP contribution in [0, 0.1) is 0 Å². The number of unbranched alkanes of at least 4 members (excludes halogenated alkanes) is 1. The first kappa shape index (κ1) is 14.4. The summed E-state index contributed by atoms with van der Waals surface area (Å²) in [7, 11) is -3.31. The second-order valence-electron chi connectivity index (χ2n) is 3.82. The summed E-state index contributed by atoms with van der Waals surface area (Å²) < 4.78 is 28.3. The van der Waals surface area contributed by atoms with Crippen LogP contribution in [-0.4, -0.2) is 19.6 Å². The Morgan fingerprint density at radius 2 is 1.88 bits per heavy atom. The molecule has 0 saturated carbocycles. The van der Waals surface area contributed by atoms with Gasteiger partial charge in [0.2, 0.25) is 0 Å². The van der Waals surface area contributed by atoms with Crippen LogP contribution in [0.25, 0.3) is 0 Å². The zero-order valence-electron chi connectivity index (χ0n) is 10.1. The molecule has 0 saturated heterocycles. The molecule has 1 aromatic carbocycles. The van der Waals surface area contributed by atoms with Gasteiger partial charge in [0.25, 0.3) is 0 Å². The van der Waals surface area contributed by atoms with Crippen molar-refractivity contribution < 1.29 is 13.2 Å². The van der Waals surface area contributed by atoms with Gasteiger partial charge in [0.15, 0.2) is 9.84 Å². The molecule has 0 N–H and O–H groups in total. The minimum absolute atomic E-state index is 0.280. The number of sulfone groups is 1. The number of benzene rings is 1. The SMILES string of the molecule is CCCCOc1ccc(S(=O)(=O)C(C)S)cc1. The van der Waals surface area contributed by atoms with Crippen molar-refractivity contribution in [1.82, 2.24) is 0 Å². The molecule has 0 spiro atoms. The van der Waals surface area contributed by atoms with Crippen LogP contribution in [0.5, 0.6) is 5.75 Å². The topological polar surface area (TPSA) is 43.4 Å². The summed E-state index contributed by atoms with van der Waals surface area (Å²) in [6.07, 6.45) is 2.07. The molecule has 17 heavy (non-hydrogen) atoms. The molecular formula is C12H18O3S2. The van der Waals surface area contributed by atoms with Gasteiger partial charge in [0, 0.05) is 0 Å². The fourth-order valence-electron chi connectivity index (χ4n) is 1.26. The summed E-state index contributed by atoms with van der Waals surface area (Å²) in [5.41, 5.74) is 0. The second kappa shape index (κ2) is 6.31. The van der Waals surface area contributed by atoms with Crippen molar-refractivity contribution in [1.29, 1.82) is 0 Å². The zero-order valence-corrected chi connectivity index (χ0v) is 11.8. The maximum absolute atomic E-state index is 11.8. The third-order valence-corrected chi connectivity index (χ3v) is 5.03. The Labute approximate surface area is 109 Å². The molecule has 0 radical (unpaired) electrons. The van der Waals surface area contributed by atoms with Gasteiger partial charge in [-0.1, -0.05) is 13.3 Å². The van der Waals surface area contributed by atoms with Crippen LogP contribution in [0.3, 0.4) is 0 Å². The molecule has 5 heteroatoms. The average molecular weight is 274 g/mol. The molecule has 0 fully saturated rings. The molecule has 1 atom stereocenters. The smallest absolute Gasteiger partial charge is 0.189 e. The normalized spacial score (nSPS) is 13.4. The Morgan fingerprint density at radius 3 is 2.35 bits per heavy atom. The van der Waals surface area contributed by atoms with E-state index in [2.05, 4.69) is 19.6 Å². The predicted molar refractivity (Wildman–Crippen MR) is 72.5 cm³/mol. The Hall–Kier alpha value is -0.680. The number of rotatable bonds is 6. The Balaban J connectivity index is 2.75. The van der Waals surface area contributed by atoms with E-state index in [4.69, 9.17) is 4.74 Å². The summed E-state index contributed by atoms with van der Waals surface area (Å²) in [5, 5.41) is 0. The lowest BCUT2D eigenvalue weighted by molar-refractivity contribution is 0.309. The maximum atomic E-state index is 11.8. The lowest BCUT2D eigenvalue weighted by Gasteiger charge is -2.09. The Kier molecular flexibility index (Phi) is 5.33. The lowest BCUT2D eigenvalue weighted by atomic mass is 10.3. The summed E-state index contributed by atoms with van der Waals surface area (Å²) >= 11 is 3.97. The fraction of sp³-hybridized carbons (Fsp3) is 0.500. The zero-order chi connectivity index (χ0) is 12.9. The highest BCUT2D eigenvalue weighted by molar-refractivity contribution is 8.04. The van der Waals surface area contributed by atoms with Crippen LogP contribution < -0.4 is 4.74 Å². The number of thiol groups is 1. The van der Waals surface area contributed by atoms with E-state index in [-0.39, 0.29) is 4.90 Å². The second-order valence-corrected chi connectivity index (χ2v) is 7.21. The molecule has 1 aromatic rings. The van der Waals surface area contributed by atoms with Crippen molar-refractivity contribution in [2.24, 2.45) is 0 Å². The monoisotopic (exact) mass is 274 g/mol. The molecular weight excluding hydrogens is 256 g/mol. The maximum Gasteiger partial charge on any atom is 0.189 e. The van der Waals surface area contributed by atoms with E-state index in [9.17, 15) is 8.42 Å². The quantitative estimate of drug-likeness (QED) is 0.641. The highest BCUT2D eigenvalue weighted by Crippen LogP contribution is 2.21. The first-order valence-electron chi connectivity index (χ1n) is 5.63. The van der Waals surface area contributed by atoms with Gasteiger partial charge in [0.05, 0.1) is 11.5 Å². The molecule has 1 unspecified atom stereocenters. The van der Waals surface area contributed by atoms with Crippen molar-refractivity contribution in [2.75, 3.05) is 6.61 Å². The van der Waals surface area contributed by atoms with Crippen LogP contribution in [0.2, 0.25) is 0 Å². The summed E-state index contributed by atoms with van der Waals surface area (Å²) in [5.74, 6) is 0.698. The summed E-state index contributed by atoms with van der Waals surface area (Å²) in [6, 6.07) is 6.48. The van der Waals surface area contributed by atoms with E-state index in [1.54, 1.807) is 31.2 Å². The van der Waals surface area contributed by atoms with Gasteiger partial charge in [-0.2, -0.15) is 12.6 Å². The van der Waals surface area contributed by atoms with E-state index in [0.29, 0.717) is 12.4 Å². The molecule has 96 valence electrons. The third kappa shape index (κ3) is 3.92. The van der Waals surface area contributed by atoms with Crippen molar-refractivity contribution in [3.63, 3.8) is 0 Å².